The standard InChI is InChI=1S/C17H15BrN4/c1-11-2-4-14(5-3-11)22-17-15(6-7-20-17)16(21-22)12-8-13(18)10-19-9-12/h2-5,8-10,20H,6-7H2,1H3. The number of nitrogens with zero attached hydrogens (tertiary/aromatic N) is 3. The van der Waals surface area contributed by atoms with Crippen LogP contribution in [0.3, 0.4) is 0 Å². The van der Waals surface area contributed by atoms with Crippen molar-refractivity contribution in [3.63, 3.8) is 0 Å². The maximum Gasteiger partial charge on any atom is 0.133 e. The second kappa shape index (κ2) is 5.25. The van der Waals surface area contributed by atoms with Gasteiger partial charge >= 0.3 is 0 Å². The summed E-state index contributed by atoms with van der Waals surface area (Å²) in [5.41, 5.74) is 5.64. The van der Waals surface area contributed by atoms with Crippen molar-refractivity contribution in [3.05, 3.63) is 58.3 Å². The Kier molecular flexibility index (Phi) is 3.22. The van der Waals surface area contributed by atoms with E-state index in [1.54, 1.807) is 6.20 Å². The first-order valence-electron chi connectivity index (χ1n) is 7.26. The lowest BCUT2D eigenvalue weighted by Crippen LogP contribution is -2.04. The minimum atomic E-state index is 0.952. The smallest absolute Gasteiger partial charge is 0.133 e. The molecule has 2 aromatic heterocycles. The van der Waals surface area contributed by atoms with Crippen molar-refractivity contribution in [2.75, 3.05) is 11.9 Å². The van der Waals surface area contributed by atoms with E-state index in [0.29, 0.717) is 0 Å². The van der Waals surface area contributed by atoms with E-state index in [-0.39, 0.29) is 0 Å². The molecule has 110 valence electrons. The molecule has 22 heavy (non-hydrogen) atoms. The average molecular weight is 355 g/mol. The van der Waals surface area contributed by atoms with Crippen molar-refractivity contribution in [2.24, 2.45) is 0 Å². The molecular weight excluding hydrogens is 340 g/mol. The molecule has 0 aliphatic carbocycles. The zero-order chi connectivity index (χ0) is 15.1. The molecule has 1 aliphatic heterocycles. The number of pyridine rings is 1. The zero-order valence-corrected chi connectivity index (χ0v) is 13.8. The van der Waals surface area contributed by atoms with Crippen LogP contribution in [0, 0.1) is 6.92 Å². The Balaban J connectivity index is 1.88. The summed E-state index contributed by atoms with van der Waals surface area (Å²) in [6.07, 6.45) is 4.65. The van der Waals surface area contributed by atoms with Gasteiger partial charge in [-0.3, -0.25) is 4.98 Å². The van der Waals surface area contributed by atoms with Gasteiger partial charge in [0, 0.05) is 34.5 Å². The SMILES string of the molecule is Cc1ccc(-n2nc(-c3cncc(Br)c3)c3c2NCC3)cc1. The summed E-state index contributed by atoms with van der Waals surface area (Å²) in [4.78, 5) is 4.26. The van der Waals surface area contributed by atoms with Crippen molar-refractivity contribution in [1.29, 1.82) is 0 Å². The number of fused-ring (bicyclic) bond motifs is 1. The molecule has 4 nitrogen and oxygen atoms in total. The molecule has 3 aromatic rings. The number of nitrogens with one attached hydrogen (secondary N) is 1. The molecule has 0 bridgehead atoms. The van der Waals surface area contributed by atoms with Gasteiger partial charge in [0.1, 0.15) is 5.82 Å². The lowest BCUT2D eigenvalue weighted by molar-refractivity contribution is 0.881. The minimum Gasteiger partial charge on any atom is -0.369 e. The molecule has 0 saturated carbocycles. The summed E-state index contributed by atoms with van der Waals surface area (Å²) < 4.78 is 2.97. The Hall–Kier alpha value is -2.14. The third-order valence-electron chi connectivity index (χ3n) is 3.91. The molecule has 0 saturated heterocycles. The zero-order valence-electron chi connectivity index (χ0n) is 12.2. The number of aryl methyl sites for hydroxylation is 1. The predicted octanol–water partition coefficient (Wildman–Crippen LogP) is 3.97. The van der Waals surface area contributed by atoms with Crippen LogP contribution in [0.1, 0.15) is 11.1 Å². The first-order valence-corrected chi connectivity index (χ1v) is 8.05. The molecule has 0 atom stereocenters. The highest BCUT2D eigenvalue weighted by molar-refractivity contribution is 9.10. The quantitative estimate of drug-likeness (QED) is 0.756. The van der Waals surface area contributed by atoms with Crippen LogP contribution in [0.15, 0.2) is 47.2 Å². The fourth-order valence-corrected chi connectivity index (χ4v) is 3.19. The monoisotopic (exact) mass is 354 g/mol. The second-order valence-electron chi connectivity index (χ2n) is 5.49. The molecule has 0 radical (unpaired) electrons. The van der Waals surface area contributed by atoms with Gasteiger partial charge in [0.25, 0.3) is 0 Å². The third kappa shape index (κ3) is 2.22. The summed E-state index contributed by atoms with van der Waals surface area (Å²) in [6.45, 7) is 3.04. The number of rotatable bonds is 2. The highest BCUT2D eigenvalue weighted by Gasteiger charge is 2.24. The molecule has 5 heteroatoms. The number of hydrogen-bond donors (Lipinski definition) is 1. The van der Waals surface area contributed by atoms with Gasteiger partial charge < -0.3 is 5.32 Å². The van der Waals surface area contributed by atoms with Crippen LogP contribution < -0.4 is 5.32 Å². The van der Waals surface area contributed by atoms with Gasteiger partial charge in [0.05, 0.1) is 11.4 Å². The molecule has 1 N–H and O–H groups in total. The van der Waals surface area contributed by atoms with Crippen LogP contribution >= 0.6 is 15.9 Å². The fraction of sp³-hybridized carbons (Fsp3) is 0.176. The number of aromatic nitrogens is 3. The molecule has 1 aromatic carbocycles. The summed E-state index contributed by atoms with van der Waals surface area (Å²) in [5, 5.41) is 8.29. The van der Waals surface area contributed by atoms with Gasteiger partial charge in [-0.05, 0) is 47.5 Å². The van der Waals surface area contributed by atoms with Gasteiger partial charge in [-0.1, -0.05) is 17.7 Å². The molecule has 0 unspecified atom stereocenters. The molecule has 0 fully saturated rings. The lowest BCUT2D eigenvalue weighted by Gasteiger charge is -2.06. The van der Waals surface area contributed by atoms with E-state index < -0.39 is 0 Å². The van der Waals surface area contributed by atoms with E-state index in [2.05, 4.69) is 63.5 Å². The fourth-order valence-electron chi connectivity index (χ4n) is 2.82. The highest BCUT2D eigenvalue weighted by Crippen LogP contribution is 2.34. The highest BCUT2D eigenvalue weighted by atomic mass is 79.9. The predicted molar refractivity (Wildman–Crippen MR) is 91.4 cm³/mol. The lowest BCUT2D eigenvalue weighted by atomic mass is 10.1. The Morgan fingerprint density at radius 2 is 2.00 bits per heavy atom. The Morgan fingerprint density at radius 1 is 1.18 bits per heavy atom. The van der Waals surface area contributed by atoms with Gasteiger partial charge in [-0.15, -0.1) is 0 Å². The van der Waals surface area contributed by atoms with Gasteiger partial charge in [-0.25, -0.2) is 4.68 Å². The first-order chi connectivity index (χ1) is 10.7. The Labute approximate surface area is 137 Å². The molecule has 0 amide bonds. The van der Waals surface area contributed by atoms with Gasteiger partial charge in [0.15, 0.2) is 0 Å². The van der Waals surface area contributed by atoms with E-state index in [4.69, 9.17) is 5.10 Å². The Bertz CT molecular complexity index is 836. The first kappa shape index (κ1) is 13.5. The number of benzene rings is 1. The molecule has 3 heterocycles. The maximum absolute atomic E-state index is 4.84. The van der Waals surface area contributed by atoms with Crippen LogP contribution in [-0.2, 0) is 6.42 Å². The summed E-state index contributed by atoms with van der Waals surface area (Å²) in [5.74, 6) is 1.10. The topological polar surface area (TPSA) is 42.7 Å². The van der Waals surface area contributed by atoms with Crippen LogP contribution in [-0.4, -0.2) is 21.3 Å². The number of hydrogen-bond acceptors (Lipinski definition) is 3. The average Bonchev–Trinajstić information content (AvgIpc) is 3.10. The van der Waals surface area contributed by atoms with E-state index in [1.807, 2.05) is 10.9 Å². The van der Waals surface area contributed by atoms with Gasteiger partial charge in [-0.2, -0.15) is 5.10 Å². The van der Waals surface area contributed by atoms with Crippen molar-refractivity contribution < 1.29 is 0 Å². The summed E-state index contributed by atoms with van der Waals surface area (Å²) in [6, 6.07) is 10.5. The van der Waals surface area contributed by atoms with Crippen LogP contribution in [0.4, 0.5) is 5.82 Å². The molecule has 0 spiro atoms. The normalized spacial score (nSPS) is 13.0. The third-order valence-corrected chi connectivity index (χ3v) is 4.34. The van der Waals surface area contributed by atoms with Crippen LogP contribution in [0.25, 0.3) is 16.9 Å². The molecule has 4 rings (SSSR count). The number of anilines is 1. The van der Waals surface area contributed by atoms with E-state index in [9.17, 15) is 0 Å². The second-order valence-corrected chi connectivity index (χ2v) is 6.41. The van der Waals surface area contributed by atoms with E-state index in [0.717, 1.165) is 40.2 Å². The van der Waals surface area contributed by atoms with Crippen molar-refractivity contribution in [3.8, 4) is 16.9 Å². The maximum atomic E-state index is 4.84. The summed E-state index contributed by atoms with van der Waals surface area (Å²) >= 11 is 3.49. The van der Waals surface area contributed by atoms with Crippen LogP contribution in [0.5, 0.6) is 0 Å². The molecule has 1 aliphatic rings. The van der Waals surface area contributed by atoms with E-state index in [1.165, 1.54) is 11.1 Å². The Morgan fingerprint density at radius 3 is 2.77 bits per heavy atom. The van der Waals surface area contributed by atoms with Crippen molar-refractivity contribution in [2.45, 2.75) is 13.3 Å². The van der Waals surface area contributed by atoms with Crippen molar-refractivity contribution in [1.82, 2.24) is 14.8 Å². The van der Waals surface area contributed by atoms with E-state index >= 15 is 0 Å². The molecular formula is C17H15BrN4. The number of halogens is 1. The van der Waals surface area contributed by atoms with Gasteiger partial charge in [0.2, 0.25) is 0 Å². The minimum absolute atomic E-state index is 0.952. The van der Waals surface area contributed by atoms with Crippen LogP contribution in [0.2, 0.25) is 0 Å². The summed E-state index contributed by atoms with van der Waals surface area (Å²) in [7, 11) is 0. The largest absolute Gasteiger partial charge is 0.369 e. The van der Waals surface area contributed by atoms with Crippen molar-refractivity contribution >= 4 is 21.7 Å².